The smallest absolute Gasteiger partial charge is 0.193 e. The van der Waals surface area contributed by atoms with Crippen molar-refractivity contribution in [2.24, 2.45) is 0 Å². The third-order valence-corrected chi connectivity index (χ3v) is 3.40. The molecule has 1 aliphatic rings. The Morgan fingerprint density at radius 2 is 2.35 bits per heavy atom. The molecule has 0 amide bonds. The first-order valence-electron chi connectivity index (χ1n) is 6.00. The highest BCUT2D eigenvalue weighted by molar-refractivity contribution is 6.10. The lowest BCUT2D eigenvalue weighted by molar-refractivity contribution is 0.0644. The van der Waals surface area contributed by atoms with Crippen LogP contribution < -0.4 is 0 Å². The molecule has 17 heavy (non-hydrogen) atoms. The van der Waals surface area contributed by atoms with E-state index in [1.54, 1.807) is 0 Å². The SMILES string of the molecule is Cc1cccc2[nH]cc(C(=O)C3CCCO3)c12. The number of Topliss-reactive ketones (excluding diaryl/α,β-unsaturated/α-hetero) is 1. The molecule has 3 rings (SSSR count). The average molecular weight is 229 g/mol. The Morgan fingerprint density at radius 1 is 1.47 bits per heavy atom. The van der Waals surface area contributed by atoms with E-state index in [1.807, 2.05) is 31.3 Å². The van der Waals surface area contributed by atoms with E-state index in [0.29, 0.717) is 6.61 Å². The lowest BCUT2D eigenvalue weighted by atomic mass is 10.0. The second-order valence-electron chi connectivity index (χ2n) is 4.57. The second-order valence-corrected chi connectivity index (χ2v) is 4.57. The topological polar surface area (TPSA) is 42.1 Å². The van der Waals surface area contributed by atoms with Crippen molar-refractivity contribution < 1.29 is 9.53 Å². The summed E-state index contributed by atoms with van der Waals surface area (Å²) >= 11 is 0. The normalized spacial score (nSPS) is 19.9. The molecule has 1 atom stereocenters. The van der Waals surface area contributed by atoms with Gasteiger partial charge in [-0.15, -0.1) is 0 Å². The number of H-pyrrole nitrogens is 1. The van der Waals surface area contributed by atoms with Gasteiger partial charge in [0.2, 0.25) is 0 Å². The van der Waals surface area contributed by atoms with Gasteiger partial charge in [0.1, 0.15) is 6.10 Å². The van der Waals surface area contributed by atoms with Crippen molar-refractivity contribution in [3.8, 4) is 0 Å². The van der Waals surface area contributed by atoms with Crippen LogP contribution in [0.1, 0.15) is 28.8 Å². The summed E-state index contributed by atoms with van der Waals surface area (Å²) in [5, 5.41) is 1.04. The van der Waals surface area contributed by atoms with Crippen LogP contribution in [0.4, 0.5) is 0 Å². The summed E-state index contributed by atoms with van der Waals surface area (Å²) in [5.74, 6) is 0.114. The molecule has 1 N–H and O–H groups in total. The van der Waals surface area contributed by atoms with Gasteiger partial charge in [0, 0.05) is 29.3 Å². The molecule has 1 fully saturated rings. The van der Waals surface area contributed by atoms with Crippen LogP contribution in [-0.2, 0) is 4.74 Å². The summed E-state index contributed by atoms with van der Waals surface area (Å²) in [4.78, 5) is 15.5. The molecular formula is C14H15NO2. The minimum atomic E-state index is -0.242. The van der Waals surface area contributed by atoms with E-state index in [9.17, 15) is 4.79 Å². The molecule has 88 valence electrons. The van der Waals surface area contributed by atoms with Crippen LogP contribution in [0.25, 0.3) is 10.9 Å². The maximum Gasteiger partial charge on any atom is 0.193 e. The molecule has 3 heteroatoms. The van der Waals surface area contributed by atoms with E-state index in [0.717, 1.165) is 34.9 Å². The Labute approximate surface area is 99.8 Å². The van der Waals surface area contributed by atoms with Crippen LogP contribution in [0.3, 0.4) is 0 Å². The number of aryl methyl sites for hydroxylation is 1. The van der Waals surface area contributed by atoms with Crippen LogP contribution in [0.2, 0.25) is 0 Å². The lowest BCUT2D eigenvalue weighted by Crippen LogP contribution is -2.19. The third-order valence-electron chi connectivity index (χ3n) is 3.40. The zero-order chi connectivity index (χ0) is 11.8. The minimum Gasteiger partial charge on any atom is -0.370 e. The van der Waals surface area contributed by atoms with Gasteiger partial charge in [0.05, 0.1) is 0 Å². The van der Waals surface area contributed by atoms with Gasteiger partial charge in [-0.25, -0.2) is 0 Å². The Balaban J connectivity index is 2.08. The van der Waals surface area contributed by atoms with Gasteiger partial charge in [-0.1, -0.05) is 12.1 Å². The van der Waals surface area contributed by atoms with Crippen molar-refractivity contribution in [2.45, 2.75) is 25.9 Å². The van der Waals surface area contributed by atoms with Crippen LogP contribution in [0, 0.1) is 6.92 Å². The fourth-order valence-electron chi connectivity index (χ4n) is 2.52. The van der Waals surface area contributed by atoms with Gasteiger partial charge in [-0.3, -0.25) is 4.79 Å². The van der Waals surface area contributed by atoms with Gasteiger partial charge in [-0.2, -0.15) is 0 Å². The van der Waals surface area contributed by atoms with Gasteiger partial charge >= 0.3 is 0 Å². The quantitative estimate of drug-likeness (QED) is 0.804. The number of benzene rings is 1. The summed E-state index contributed by atoms with van der Waals surface area (Å²) in [6.07, 6.45) is 3.39. The predicted octanol–water partition coefficient (Wildman–Crippen LogP) is 2.84. The van der Waals surface area contributed by atoms with Crippen molar-refractivity contribution in [3.05, 3.63) is 35.5 Å². The van der Waals surface area contributed by atoms with Crippen molar-refractivity contribution in [1.82, 2.24) is 4.98 Å². The number of nitrogens with one attached hydrogen (secondary N) is 1. The first-order valence-corrected chi connectivity index (χ1v) is 6.00. The third kappa shape index (κ3) is 1.67. The van der Waals surface area contributed by atoms with Crippen LogP contribution in [-0.4, -0.2) is 23.5 Å². The number of hydrogen-bond acceptors (Lipinski definition) is 2. The Kier molecular flexibility index (Phi) is 2.48. The molecule has 2 aromatic rings. The lowest BCUT2D eigenvalue weighted by Gasteiger charge is -2.07. The minimum absolute atomic E-state index is 0.114. The van der Waals surface area contributed by atoms with E-state index < -0.39 is 0 Å². The number of hydrogen-bond donors (Lipinski definition) is 1. The number of aromatic amines is 1. The molecule has 0 spiro atoms. The maximum absolute atomic E-state index is 12.3. The standard InChI is InChI=1S/C14H15NO2/c1-9-4-2-5-11-13(9)10(8-15-11)14(16)12-6-3-7-17-12/h2,4-5,8,12,15H,3,6-7H2,1H3. The summed E-state index contributed by atoms with van der Waals surface area (Å²) in [6, 6.07) is 6.02. The second kappa shape index (κ2) is 4.00. The maximum atomic E-state index is 12.3. The van der Waals surface area contributed by atoms with Gasteiger partial charge in [-0.05, 0) is 31.4 Å². The number of carbonyl (C=O) groups is 1. The Morgan fingerprint density at radius 3 is 3.12 bits per heavy atom. The fraction of sp³-hybridized carbons (Fsp3) is 0.357. The van der Waals surface area contributed by atoms with Crippen molar-refractivity contribution in [1.29, 1.82) is 0 Å². The van der Waals surface area contributed by atoms with E-state index >= 15 is 0 Å². The molecule has 1 unspecified atom stereocenters. The molecule has 1 saturated heterocycles. The molecule has 3 nitrogen and oxygen atoms in total. The van der Waals surface area contributed by atoms with Crippen molar-refractivity contribution >= 4 is 16.7 Å². The predicted molar refractivity (Wildman–Crippen MR) is 66.3 cm³/mol. The van der Waals surface area contributed by atoms with Crippen LogP contribution in [0.5, 0.6) is 0 Å². The first-order chi connectivity index (χ1) is 8.27. The van der Waals surface area contributed by atoms with Crippen LogP contribution in [0.15, 0.2) is 24.4 Å². The molecular weight excluding hydrogens is 214 g/mol. The largest absolute Gasteiger partial charge is 0.370 e. The number of carbonyl (C=O) groups excluding carboxylic acids is 1. The summed E-state index contributed by atoms with van der Waals surface area (Å²) in [5.41, 5.74) is 2.92. The van der Waals surface area contributed by atoms with Gasteiger partial charge in [0.15, 0.2) is 5.78 Å². The molecule has 0 bridgehead atoms. The zero-order valence-corrected chi connectivity index (χ0v) is 9.82. The highest BCUT2D eigenvalue weighted by Gasteiger charge is 2.26. The molecule has 1 aromatic heterocycles. The number of rotatable bonds is 2. The number of ether oxygens (including phenoxy) is 1. The highest BCUT2D eigenvalue weighted by Crippen LogP contribution is 2.26. The molecule has 0 radical (unpaired) electrons. The molecule has 0 saturated carbocycles. The Bertz CT molecular complexity index is 565. The highest BCUT2D eigenvalue weighted by atomic mass is 16.5. The Hall–Kier alpha value is -1.61. The number of ketones is 1. The summed E-state index contributed by atoms with van der Waals surface area (Å²) in [6.45, 7) is 2.74. The van der Waals surface area contributed by atoms with E-state index in [4.69, 9.17) is 4.74 Å². The molecule has 1 aliphatic heterocycles. The van der Waals surface area contributed by atoms with Crippen molar-refractivity contribution in [2.75, 3.05) is 6.61 Å². The van der Waals surface area contributed by atoms with Gasteiger partial charge in [0.25, 0.3) is 0 Å². The molecule has 1 aromatic carbocycles. The fourth-order valence-corrected chi connectivity index (χ4v) is 2.52. The van der Waals surface area contributed by atoms with E-state index in [1.165, 1.54) is 0 Å². The summed E-state index contributed by atoms with van der Waals surface area (Å²) in [7, 11) is 0. The number of aromatic nitrogens is 1. The summed E-state index contributed by atoms with van der Waals surface area (Å²) < 4.78 is 5.46. The number of fused-ring (bicyclic) bond motifs is 1. The van der Waals surface area contributed by atoms with E-state index in [2.05, 4.69) is 4.98 Å². The van der Waals surface area contributed by atoms with Crippen LogP contribution >= 0.6 is 0 Å². The first kappa shape index (κ1) is 10.5. The monoisotopic (exact) mass is 229 g/mol. The average Bonchev–Trinajstić information content (AvgIpc) is 2.98. The van der Waals surface area contributed by atoms with Gasteiger partial charge < -0.3 is 9.72 Å². The molecule has 2 heterocycles. The van der Waals surface area contributed by atoms with E-state index in [-0.39, 0.29) is 11.9 Å². The van der Waals surface area contributed by atoms with Crippen molar-refractivity contribution in [3.63, 3.8) is 0 Å². The zero-order valence-electron chi connectivity index (χ0n) is 9.82. The molecule has 0 aliphatic carbocycles.